The van der Waals surface area contributed by atoms with Crippen molar-refractivity contribution >= 4 is 23.5 Å². The van der Waals surface area contributed by atoms with E-state index < -0.39 is 0 Å². The molecule has 8 heteroatoms. The molecule has 0 unspecified atom stereocenters. The number of nitrogens with two attached hydrogens (primary N) is 1. The number of hydrazone groups is 1. The Bertz CT molecular complexity index is 621. The van der Waals surface area contributed by atoms with Gasteiger partial charge in [-0.15, -0.1) is 0 Å². The zero-order chi connectivity index (χ0) is 15.2. The summed E-state index contributed by atoms with van der Waals surface area (Å²) in [5.41, 5.74) is 9.60. The van der Waals surface area contributed by atoms with Crippen molar-refractivity contribution in [3.05, 3.63) is 23.8 Å². The van der Waals surface area contributed by atoms with E-state index in [1.807, 2.05) is 6.07 Å². The summed E-state index contributed by atoms with van der Waals surface area (Å²) in [6, 6.07) is 5.43. The van der Waals surface area contributed by atoms with Crippen molar-refractivity contribution in [2.75, 3.05) is 29.1 Å². The van der Waals surface area contributed by atoms with Crippen LogP contribution in [0.15, 0.2) is 27.9 Å². The third-order valence-electron chi connectivity index (χ3n) is 3.03. The Morgan fingerprint density at radius 1 is 1.38 bits per heavy atom. The average Bonchev–Trinajstić information content (AvgIpc) is 2.88. The Labute approximate surface area is 122 Å². The standard InChI is InChI=1S/C13H18N6O2/c1-3-19(4-2)10-6-5-9(11(20)7-10)8-15-16-13-12(14)17-21-18-13/h5-8,20H,3-4H2,1-2H3,(H2,14,17)(H,16,18)/b15-8-. The first-order valence-electron chi connectivity index (χ1n) is 6.60. The molecule has 1 aromatic heterocycles. The van der Waals surface area contributed by atoms with Gasteiger partial charge in [0.05, 0.1) is 6.21 Å². The van der Waals surface area contributed by atoms with E-state index in [4.69, 9.17) is 5.73 Å². The first-order chi connectivity index (χ1) is 10.2. The molecule has 0 atom stereocenters. The molecule has 1 aromatic carbocycles. The number of nitrogen functional groups attached to an aromatic ring is 1. The number of rotatable bonds is 6. The number of hydrogen-bond acceptors (Lipinski definition) is 8. The van der Waals surface area contributed by atoms with Crippen LogP contribution in [0.25, 0.3) is 0 Å². The number of hydrogen-bond donors (Lipinski definition) is 3. The molecule has 0 amide bonds. The first-order valence-corrected chi connectivity index (χ1v) is 6.60. The van der Waals surface area contributed by atoms with E-state index in [9.17, 15) is 5.11 Å². The molecule has 0 spiro atoms. The van der Waals surface area contributed by atoms with Gasteiger partial charge in [0.1, 0.15) is 5.75 Å². The maximum absolute atomic E-state index is 10.0. The van der Waals surface area contributed by atoms with Crippen LogP contribution < -0.4 is 16.1 Å². The van der Waals surface area contributed by atoms with Gasteiger partial charge in [0.25, 0.3) is 0 Å². The molecule has 4 N–H and O–H groups in total. The van der Waals surface area contributed by atoms with Crippen LogP contribution >= 0.6 is 0 Å². The van der Waals surface area contributed by atoms with Crippen LogP contribution in [0, 0.1) is 0 Å². The lowest BCUT2D eigenvalue weighted by Crippen LogP contribution is -2.21. The zero-order valence-corrected chi connectivity index (χ0v) is 11.9. The van der Waals surface area contributed by atoms with Gasteiger partial charge < -0.3 is 15.7 Å². The summed E-state index contributed by atoms with van der Waals surface area (Å²) in [7, 11) is 0. The van der Waals surface area contributed by atoms with Gasteiger partial charge in [-0.3, -0.25) is 5.43 Å². The van der Waals surface area contributed by atoms with Gasteiger partial charge in [-0.2, -0.15) is 5.10 Å². The summed E-state index contributed by atoms with van der Waals surface area (Å²) in [5.74, 6) is 0.495. The number of benzene rings is 1. The quantitative estimate of drug-likeness (QED) is 0.547. The highest BCUT2D eigenvalue weighted by Crippen LogP contribution is 2.23. The summed E-state index contributed by atoms with van der Waals surface area (Å²) < 4.78 is 4.42. The molecule has 1 heterocycles. The van der Waals surface area contributed by atoms with Crippen molar-refractivity contribution in [3.8, 4) is 5.75 Å². The normalized spacial score (nSPS) is 11.0. The molecule has 2 aromatic rings. The van der Waals surface area contributed by atoms with Gasteiger partial charge in [0.15, 0.2) is 0 Å². The van der Waals surface area contributed by atoms with Crippen LogP contribution in [0.4, 0.5) is 17.3 Å². The molecule has 0 fully saturated rings. The van der Waals surface area contributed by atoms with E-state index in [2.05, 4.69) is 44.2 Å². The number of aromatic hydroxyl groups is 1. The summed E-state index contributed by atoms with van der Waals surface area (Å²) in [6.45, 7) is 5.89. The second-order valence-corrected chi connectivity index (χ2v) is 4.28. The maximum Gasteiger partial charge on any atom is 0.235 e. The molecule has 0 bridgehead atoms. The van der Waals surface area contributed by atoms with Crippen LogP contribution in [0.3, 0.4) is 0 Å². The lowest BCUT2D eigenvalue weighted by molar-refractivity contribution is 0.310. The smallest absolute Gasteiger partial charge is 0.235 e. The highest BCUT2D eigenvalue weighted by molar-refractivity contribution is 5.85. The lowest BCUT2D eigenvalue weighted by atomic mass is 10.2. The molecule has 8 nitrogen and oxygen atoms in total. The van der Waals surface area contributed by atoms with Crippen molar-refractivity contribution in [1.82, 2.24) is 10.3 Å². The Morgan fingerprint density at radius 2 is 2.14 bits per heavy atom. The maximum atomic E-state index is 10.0. The van der Waals surface area contributed by atoms with Crippen molar-refractivity contribution < 1.29 is 9.74 Å². The summed E-state index contributed by atoms with van der Waals surface area (Å²) in [6.07, 6.45) is 1.47. The van der Waals surface area contributed by atoms with Crippen LogP contribution in [-0.2, 0) is 0 Å². The summed E-state index contributed by atoms with van der Waals surface area (Å²) in [5, 5.41) is 20.9. The largest absolute Gasteiger partial charge is 0.507 e. The van der Waals surface area contributed by atoms with E-state index in [0.29, 0.717) is 5.56 Å². The number of anilines is 3. The second-order valence-electron chi connectivity index (χ2n) is 4.28. The molecule has 0 saturated carbocycles. The summed E-state index contributed by atoms with van der Waals surface area (Å²) >= 11 is 0. The first kappa shape index (κ1) is 14.6. The topological polar surface area (TPSA) is 113 Å². The van der Waals surface area contributed by atoms with Crippen molar-refractivity contribution in [2.45, 2.75) is 13.8 Å². The van der Waals surface area contributed by atoms with Crippen LogP contribution in [0.2, 0.25) is 0 Å². The number of nitrogens with one attached hydrogen (secondary N) is 1. The van der Waals surface area contributed by atoms with Crippen LogP contribution in [0.1, 0.15) is 19.4 Å². The molecule has 21 heavy (non-hydrogen) atoms. The number of nitrogens with zero attached hydrogens (tertiary/aromatic N) is 4. The molecule has 0 saturated heterocycles. The minimum Gasteiger partial charge on any atom is -0.507 e. The molecule has 112 valence electrons. The number of phenols is 1. The third-order valence-corrected chi connectivity index (χ3v) is 3.03. The second kappa shape index (κ2) is 6.60. The molecule has 2 rings (SSSR count). The Kier molecular flexibility index (Phi) is 4.60. The van der Waals surface area contributed by atoms with E-state index in [0.717, 1.165) is 18.8 Å². The zero-order valence-electron chi connectivity index (χ0n) is 11.9. The molecule has 0 aliphatic rings. The Balaban J connectivity index is 2.09. The fourth-order valence-corrected chi connectivity index (χ4v) is 1.86. The minimum absolute atomic E-state index is 0.119. The van der Waals surface area contributed by atoms with Gasteiger partial charge in [0.2, 0.25) is 11.6 Å². The van der Waals surface area contributed by atoms with E-state index in [1.165, 1.54) is 6.21 Å². The van der Waals surface area contributed by atoms with Crippen molar-refractivity contribution in [2.24, 2.45) is 5.10 Å². The minimum atomic E-state index is 0.119. The molecule has 0 radical (unpaired) electrons. The van der Waals surface area contributed by atoms with Crippen molar-refractivity contribution in [1.29, 1.82) is 0 Å². The van der Waals surface area contributed by atoms with Gasteiger partial charge in [-0.25, -0.2) is 4.63 Å². The highest BCUT2D eigenvalue weighted by atomic mass is 16.6. The van der Waals surface area contributed by atoms with E-state index in [1.54, 1.807) is 12.1 Å². The van der Waals surface area contributed by atoms with Crippen molar-refractivity contribution in [3.63, 3.8) is 0 Å². The van der Waals surface area contributed by atoms with E-state index >= 15 is 0 Å². The van der Waals surface area contributed by atoms with Gasteiger partial charge >= 0.3 is 0 Å². The predicted octanol–water partition coefficient (Wildman–Crippen LogP) is 1.65. The summed E-state index contributed by atoms with van der Waals surface area (Å²) in [4.78, 5) is 2.14. The van der Waals surface area contributed by atoms with Gasteiger partial charge in [0, 0.05) is 30.4 Å². The lowest BCUT2D eigenvalue weighted by Gasteiger charge is -2.21. The third kappa shape index (κ3) is 3.41. The Morgan fingerprint density at radius 3 is 2.71 bits per heavy atom. The molecule has 0 aliphatic heterocycles. The fraction of sp³-hybridized carbons (Fsp3) is 0.308. The van der Waals surface area contributed by atoms with Crippen LogP contribution in [-0.4, -0.2) is 34.7 Å². The van der Waals surface area contributed by atoms with Gasteiger partial charge in [-0.1, -0.05) is 0 Å². The Hall–Kier alpha value is -2.77. The number of phenolic OH excluding ortho intramolecular Hbond substituents is 1. The molecular weight excluding hydrogens is 272 g/mol. The fourth-order valence-electron chi connectivity index (χ4n) is 1.86. The monoisotopic (exact) mass is 290 g/mol. The highest BCUT2D eigenvalue weighted by Gasteiger charge is 2.06. The number of aromatic nitrogens is 2. The average molecular weight is 290 g/mol. The van der Waals surface area contributed by atoms with Gasteiger partial charge in [-0.05, 0) is 36.3 Å². The van der Waals surface area contributed by atoms with E-state index in [-0.39, 0.29) is 17.4 Å². The molecular formula is C13H18N6O2. The van der Waals surface area contributed by atoms with Crippen LogP contribution in [0.5, 0.6) is 5.75 Å². The molecule has 0 aliphatic carbocycles. The predicted molar refractivity (Wildman–Crippen MR) is 81.6 cm³/mol. The SMILES string of the molecule is CCN(CC)c1ccc(/C=N\Nc2nonc2N)c(O)c1.